The molecule has 0 bridgehead atoms. The van der Waals surface area contributed by atoms with E-state index in [0.717, 1.165) is 13.1 Å². The first-order valence-electron chi connectivity index (χ1n) is 6.99. The van der Waals surface area contributed by atoms with Gasteiger partial charge in [0.2, 0.25) is 0 Å². The van der Waals surface area contributed by atoms with Crippen LogP contribution in [-0.4, -0.2) is 16.1 Å². The molecule has 17 heavy (non-hydrogen) atoms. The second-order valence-electron chi connectivity index (χ2n) is 5.46. The Morgan fingerprint density at radius 3 is 2.82 bits per heavy atom. The SMILES string of the molecule is CCCNCc1cn(CC2(CCC)CC2)cn1. The molecule has 0 radical (unpaired) electrons. The normalized spacial score (nSPS) is 17.3. The molecule has 1 saturated carbocycles. The summed E-state index contributed by atoms with van der Waals surface area (Å²) in [4.78, 5) is 4.46. The van der Waals surface area contributed by atoms with Crippen LogP contribution in [-0.2, 0) is 13.1 Å². The number of hydrogen-bond acceptors (Lipinski definition) is 2. The maximum Gasteiger partial charge on any atom is 0.0950 e. The minimum absolute atomic E-state index is 0.615. The lowest BCUT2D eigenvalue weighted by Crippen LogP contribution is -2.14. The van der Waals surface area contributed by atoms with Crippen molar-refractivity contribution >= 4 is 0 Å². The number of rotatable bonds is 8. The van der Waals surface area contributed by atoms with Crippen molar-refractivity contribution in [1.82, 2.24) is 14.9 Å². The Kier molecular flexibility index (Phi) is 4.21. The largest absolute Gasteiger partial charge is 0.337 e. The molecule has 3 heteroatoms. The standard InChI is InChI=1S/C14H25N3/c1-3-5-14(6-7-14)11-17-10-13(16-12-17)9-15-8-4-2/h10,12,15H,3-9,11H2,1-2H3. The summed E-state index contributed by atoms with van der Waals surface area (Å²) >= 11 is 0. The quantitative estimate of drug-likeness (QED) is 0.702. The summed E-state index contributed by atoms with van der Waals surface area (Å²) in [7, 11) is 0. The molecule has 1 aliphatic carbocycles. The van der Waals surface area contributed by atoms with Crippen molar-refractivity contribution in [3.8, 4) is 0 Å². The highest BCUT2D eigenvalue weighted by atomic mass is 15.1. The fourth-order valence-corrected chi connectivity index (χ4v) is 2.56. The average Bonchev–Trinajstić information content (AvgIpc) is 2.91. The van der Waals surface area contributed by atoms with E-state index in [1.807, 2.05) is 6.33 Å². The number of hydrogen-bond donors (Lipinski definition) is 1. The first kappa shape index (κ1) is 12.6. The second kappa shape index (κ2) is 5.67. The van der Waals surface area contributed by atoms with E-state index in [0.29, 0.717) is 5.41 Å². The summed E-state index contributed by atoms with van der Waals surface area (Å²) < 4.78 is 2.28. The Balaban J connectivity index is 1.81. The number of imidazole rings is 1. The molecule has 0 unspecified atom stereocenters. The topological polar surface area (TPSA) is 29.9 Å². The van der Waals surface area contributed by atoms with Crippen LogP contribution in [0.5, 0.6) is 0 Å². The van der Waals surface area contributed by atoms with E-state index in [9.17, 15) is 0 Å². The highest BCUT2D eigenvalue weighted by Gasteiger charge is 2.41. The molecule has 0 saturated heterocycles. The number of nitrogens with one attached hydrogen (secondary N) is 1. The third-order valence-corrected chi connectivity index (χ3v) is 3.68. The maximum absolute atomic E-state index is 4.46. The lowest BCUT2D eigenvalue weighted by molar-refractivity contribution is 0.388. The van der Waals surface area contributed by atoms with E-state index in [2.05, 4.69) is 34.9 Å². The zero-order valence-corrected chi connectivity index (χ0v) is 11.2. The van der Waals surface area contributed by atoms with Gasteiger partial charge in [0.05, 0.1) is 12.0 Å². The van der Waals surface area contributed by atoms with Gasteiger partial charge >= 0.3 is 0 Å². The second-order valence-corrected chi connectivity index (χ2v) is 5.46. The minimum atomic E-state index is 0.615. The molecule has 0 aliphatic heterocycles. The van der Waals surface area contributed by atoms with Gasteiger partial charge in [0, 0.05) is 19.3 Å². The van der Waals surface area contributed by atoms with E-state index in [1.54, 1.807) is 0 Å². The van der Waals surface area contributed by atoms with Gasteiger partial charge in [-0.15, -0.1) is 0 Å². The highest BCUT2D eigenvalue weighted by Crippen LogP contribution is 2.50. The zero-order valence-electron chi connectivity index (χ0n) is 11.2. The molecule has 1 N–H and O–H groups in total. The Hall–Kier alpha value is -0.830. The molecule has 1 heterocycles. The summed E-state index contributed by atoms with van der Waals surface area (Å²) in [5.74, 6) is 0. The Morgan fingerprint density at radius 1 is 1.35 bits per heavy atom. The molecule has 1 aliphatic rings. The van der Waals surface area contributed by atoms with Gasteiger partial charge in [0.15, 0.2) is 0 Å². The number of aromatic nitrogens is 2. The Morgan fingerprint density at radius 2 is 2.18 bits per heavy atom. The molecule has 0 atom stereocenters. The van der Waals surface area contributed by atoms with Gasteiger partial charge in [0.1, 0.15) is 0 Å². The predicted molar refractivity (Wildman–Crippen MR) is 70.8 cm³/mol. The van der Waals surface area contributed by atoms with Crippen LogP contribution in [0.3, 0.4) is 0 Å². The van der Waals surface area contributed by atoms with Gasteiger partial charge < -0.3 is 9.88 Å². The van der Waals surface area contributed by atoms with Crippen LogP contribution in [0, 0.1) is 5.41 Å². The molecule has 1 aromatic heterocycles. The van der Waals surface area contributed by atoms with E-state index < -0.39 is 0 Å². The van der Waals surface area contributed by atoms with Crippen LogP contribution in [0.2, 0.25) is 0 Å². The molecule has 1 fully saturated rings. The molecular weight excluding hydrogens is 210 g/mol. The summed E-state index contributed by atoms with van der Waals surface area (Å²) in [5.41, 5.74) is 1.79. The van der Waals surface area contributed by atoms with E-state index in [-0.39, 0.29) is 0 Å². The van der Waals surface area contributed by atoms with Crippen LogP contribution < -0.4 is 5.32 Å². The van der Waals surface area contributed by atoms with Gasteiger partial charge in [0.25, 0.3) is 0 Å². The molecule has 0 amide bonds. The van der Waals surface area contributed by atoms with Crippen LogP contribution in [0.15, 0.2) is 12.5 Å². The molecular formula is C14H25N3. The van der Waals surface area contributed by atoms with Crippen LogP contribution in [0.25, 0.3) is 0 Å². The molecule has 96 valence electrons. The Labute approximate surface area is 105 Å². The van der Waals surface area contributed by atoms with Gasteiger partial charge in [-0.1, -0.05) is 20.3 Å². The monoisotopic (exact) mass is 235 g/mol. The van der Waals surface area contributed by atoms with Crippen molar-refractivity contribution in [3.63, 3.8) is 0 Å². The Bertz CT molecular complexity index is 339. The first-order valence-corrected chi connectivity index (χ1v) is 6.99. The summed E-state index contributed by atoms with van der Waals surface area (Å²) in [5, 5.41) is 3.39. The van der Waals surface area contributed by atoms with Gasteiger partial charge in [-0.2, -0.15) is 0 Å². The van der Waals surface area contributed by atoms with E-state index >= 15 is 0 Å². The smallest absolute Gasteiger partial charge is 0.0950 e. The molecule has 2 rings (SSSR count). The molecule has 0 aromatic carbocycles. The van der Waals surface area contributed by atoms with E-state index in [1.165, 1.54) is 44.3 Å². The fraction of sp³-hybridized carbons (Fsp3) is 0.786. The lowest BCUT2D eigenvalue weighted by Gasteiger charge is -2.13. The average molecular weight is 235 g/mol. The van der Waals surface area contributed by atoms with Crippen molar-refractivity contribution in [3.05, 3.63) is 18.2 Å². The third kappa shape index (κ3) is 3.56. The fourth-order valence-electron chi connectivity index (χ4n) is 2.56. The van der Waals surface area contributed by atoms with Crippen molar-refractivity contribution in [2.24, 2.45) is 5.41 Å². The number of nitrogens with zero attached hydrogens (tertiary/aromatic N) is 2. The van der Waals surface area contributed by atoms with Gasteiger partial charge in [-0.25, -0.2) is 4.98 Å². The third-order valence-electron chi connectivity index (χ3n) is 3.68. The summed E-state index contributed by atoms with van der Waals surface area (Å²) in [6, 6.07) is 0. The highest BCUT2D eigenvalue weighted by molar-refractivity contribution is 5.00. The molecule has 1 aromatic rings. The van der Waals surface area contributed by atoms with Crippen LogP contribution in [0.1, 0.15) is 51.6 Å². The molecule has 0 spiro atoms. The van der Waals surface area contributed by atoms with Crippen LogP contribution in [0.4, 0.5) is 0 Å². The lowest BCUT2D eigenvalue weighted by atomic mass is 10.0. The van der Waals surface area contributed by atoms with Crippen molar-refractivity contribution in [2.45, 2.75) is 59.0 Å². The van der Waals surface area contributed by atoms with Gasteiger partial charge in [-0.3, -0.25) is 0 Å². The van der Waals surface area contributed by atoms with Crippen molar-refractivity contribution in [2.75, 3.05) is 6.54 Å². The summed E-state index contributed by atoms with van der Waals surface area (Å²) in [6.07, 6.45) is 10.9. The first-order chi connectivity index (χ1) is 8.28. The van der Waals surface area contributed by atoms with Crippen molar-refractivity contribution in [1.29, 1.82) is 0 Å². The van der Waals surface area contributed by atoms with Gasteiger partial charge in [-0.05, 0) is 37.6 Å². The predicted octanol–water partition coefficient (Wildman–Crippen LogP) is 2.96. The zero-order chi connectivity index (χ0) is 12.1. The van der Waals surface area contributed by atoms with E-state index in [4.69, 9.17) is 0 Å². The summed E-state index contributed by atoms with van der Waals surface area (Å²) in [6.45, 7) is 7.62. The minimum Gasteiger partial charge on any atom is -0.337 e. The molecule has 3 nitrogen and oxygen atoms in total. The van der Waals surface area contributed by atoms with Crippen molar-refractivity contribution < 1.29 is 0 Å². The maximum atomic E-state index is 4.46. The van der Waals surface area contributed by atoms with Crippen LogP contribution >= 0.6 is 0 Å².